The fourth-order valence-electron chi connectivity index (χ4n) is 2.02. The molecular formula is C15H17ClN4O4S. The average Bonchev–Trinajstić information content (AvgIpc) is 2.51. The Morgan fingerprint density at radius 1 is 1.32 bits per heavy atom. The number of halogens is 1. The van der Waals surface area contributed by atoms with Crippen molar-refractivity contribution in [2.75, 3.05) is 19.4 Å². The van der Waals surface area contributed by atoms with Gasteiger partial charge in [-0.15, -0.1) is 0 Å². The van der Waals surface area contributed by atoms with Crippen molar-refractivity contribution in [1.29, 1.82) is 0 Å². The molecule has 0 radical (unpaired) electrons. The molecule has 1 amide bonds. The van der Waals surface area contributed by atoms with Crippen LogP contribution in [0.2, 0.25) is 5.02 Å². The third kappa shape index (κ3) is 4.44. The van der Waals surface area contributed by atoms with Gasteiger partial charge in [0.15, 0.2) is 0 Å². The van der Waals surface area contributed by atoms with Gasteiger partial charge in [-0.2, -0.15) is 5.10 Å². The van der Waals surface area contributed by atoms with E-state index in [1.165, 1.54) is 26.4 Å². The van der Waals surface area contributed by atoms with Crippen molar-refractivity contribution >= 4 is 33.2 Å². The van der Waals surface area contributed by atoms with Crippen LogP contribution in [0, 0.1) is 6.92 Å². The van der Waals surface area contributed by atoms with Gasteiger partial charge in [-0.25, -0.2) is 17.4 Å². The number of rotatable bonds is 5. The summed E-state index contributed by atoms with van der Waals surface area (Å²) in [6.45, 7) is 1.35. The smallest absolute Gasteiger partial charge is 0.268 e. The van der Waals surface area contributed by atoms with E-state index < -0.39 is 21.5 Å². The molecule has 1 aromatic heterocycles. The summed E-state index contributed by atoms with van der Waals surface area (Å²) in [4.78, 5) is 23.9. The summed E-state index contributed by atoms with van der Waals surface area (Å²) in [6, 6.07) is 5.70. The van der Waals surface area contributed by atoms with Crippen LogP contribution in [0.1, 0.15) is 5.56 Å². The number of amides is 1. The SMILES string of the molecule is Cc1ccc(NC(=O)Cn2ncc(Cl)cc2=O)cc1S(=O)(=O)N(C)C. The number of sulfonamides is 1. The Hall–Kier alpha value is -2.23. The number of aromatic nitrogens is 2. The predicted molar refractivity (Wildman–Crippen MR) is 94.2 cm³/mol. The molecule has 8 nitrogen and oxygen atoms in total. The van der Waals surface area contributed by atoms with E-state index in [2.05, 4.69) is 10.4 Å². The topological polar surface area (TPSA) is 101 Å². The molecule has 1 N–H and O–H groups in total. The van der Waals surface area contributed by atoms with Gasteiger partial charge in [0.05, 0.1) is 16.1 Å². The standard InChI is InChI=1S/C15H17ClN4O4S/c1-10-4-5-12(7-13(10)25(23,24)19(2)3)18-14(21)9-20-15(22)6-11(16)8-17-20/h4-8H,9H2,1-3H3,(H,18,21). The zero-order chi connectivity index (χ0) is 18.8. The molecule has 0 atom stereocenters. The Labute approximate surface area is 150 Å². The van der Waals surface area contributed by atoms with Crippen LogP contribution >= 0.6 is 11.6 Å². The maximum absolute atomic E-state index is 12.3. The molecule has 2 aromatic rings. The number of hydrogen-bond acceptors (Lipinski definition) is 5. The van der Waals surface area contributed by atoms with Crippen molar-refractivity contribution < 1.29 is 13.2 Å². The van der Waals surface area contributed by atoms with Gasteiger partial charge in [0.2, 0.25) is 15.9 Å². The van der Waals surface area contributed by atoms with Gasteiger partial charge in [0, 0.05) is 25.8 Å². The summed E-state index contributed by atoms with van der Waals surface area (Å²) in [7, 11) is -0.778. The molecule has 0 fully saturated rings. The Bertz CT molecular complexity index is 970. The fourth-order valence-corrected chi connectivity index (χ4v) is 3.30. The van der Waals surface area contributed by atoms with E-state index in [1.807, 2.05) is 0 Å². The van der Waals surface area contributed by atoms with E-state index in [-0.39, 0.29) is 16.5 Å². The highest BCUT2D eigenvalue weighted by atomic mass is 35.5. The Kier molecular flexibility index (Phi) is 5.61. The molecule has 134 valence electrons. The average molecular weight is 385 g/mol. The number of aryl methyl sites for hydroxylation is 1. The highest BCUT2D eigenvalue weighted by Gasteiger charge is 2.20. The third-order valence-electron chi connectivity index (χ3n) is 3.36. The zero-order valence-electron chi connectivity index (χ0n) is 13.9. The number of nitrogens with one attached hydrogen (secondary N) is 1. The third-order valence-corrected chi connectivity index (χ3v) is 5.52. The number of hydrogen-bond donors (Lipinski definition) is 1. The summed E-state index contributed by atoms with van der Waals surface area (Å²) in [6.07, 6.45) is 1.25. The van der Waals surface area contributed by atoms with Gasteiger partial charge >= 0.3 is 0 Å². The first-order valence-electron chi connectivity index (χ1n) is 7.17. The predicted octanol–water partition coefficient (Wildman–Crippen LogP) is 1.09. The minimum atomic E-state index is -3.64. The molecule has 1 aromatic carbocycles. The molecule has 2 rings (SSSR count). The Morgan fingerprint density at radius 2 is 2.00 bits per heavy atom. The van der Waals surface area contributed by atoms with Crippen LogP contribution < -0.4 is 10.9 Å². The summed E-state index contributed by atoms with van der Waals surface area (Å²) in [5.41, 5.74) is 0.350. The summed E-state index contributed by atoms with van der Waals surface area (Å²) in [5.74, 6) is -0.519. The first-order chi connectivity index (χ1) is 11.6. The van der Waals surface area contributed by atoms with Crippen LogP contribution in [0.15, 0.2) is 40.2 Å². The Balaban J connectivity index is 2.23. The van der Waals surface area contributed by atoms with E-state index in [0.29, 0.717) is 11.3 Å². The molecule has 0 bridgehead atoms. The minimum Gasteiger partial charge on any atom is -0.324 e. The molecule has 0 saturated carbocycles. The van der Waals surface area contributed by atoms with Gasteiger partial charge in [-0.05, 0) is 24.6 Å². The monoisotopic (exact) mass is 384 g/mol. The first-order valence-corrected chi connectivity index (χ1v) is 8.99. The molecule has 10 heteroatoms. The second kappa shape index (κ2) is 7.34. The van der Waals surface area contributed by atoms with Crippen LogP contribution in [-0.2, 0) is 21.4 Å². The lowest BCUT2D eigenvalue weighted by atomic mass is 10.2. The summed E-state index contributed by atoms with van der Waals surface area (Å²) >= 11 is 5.65. The van der Waals surface area contributed by atoms with Crippen molar-refractivity contribution in [2.45, 2.75) is 18.4 Å². The van der Waals surface area contributed by atoms with E-state index in [4.69, 9.17) is 11.6 Å². The highest BCUT2D eigenvalue weighted by Crippen LogP contribution is 2.22. The number of anilines is 1. The van der Waals surface area contributed by atoms with Gasteiger partial charge in [0.25, 0.3) is 5.56 Å². The normalized spacial score (nSPS) is 11.6. The van der Waals surface area contributed by atoms with Crippen LogP contribution in [0.4, 0.5) is 5.69 Å². The maximum atomic E-state index is 12.3. The summed E-state index contributed by atoms with van der Waals surface area (Å²) in [5, 5.41) is 6.50. The van der Waals surface area contributed by atoms with Gasteiger partial charge < -0.3 is 5.32 Å². The number of nitrogens with zero attached hydrogens (tertiary/aromatic N) is 3. The number of carbonyl (C=O) groups is 1. The zero-order valence-corrected chi connectivity index (χ0v) is 15.4. The lowest BCUT2D eigenvalue weighted by Crippen LogP contribution is -2.29. The lowest BCUT2D eigenvalue weighted by Gasteiger charge is -2.15. The molecule has 1 heterocycles. The van der Waals surface area contributed by atoms with Crippen molar-refractivity contribution in [1.82, 2.24) is 14.1 Å². The highest BCUT2D eigenvalue weighted by molar-refractivity contribution is 7.89. The maximum Gasteiger partial charge on any atom is 0.268 e. The van der Waals surface area contributed by atoms with E-state index in [9.17, 15) is 18.0 Å². The second-order valence-electron chi connectivity index (χ2n) is 5.49. The molecule has 25 heavy (non-hydrogen) atoms. The van der Waals surface area contributed by atoms with Gasteiger partial charge in [0.1, 0.15) is 6.54 Å². The van der Waals surface area contributed by atoms with E-state index >= 15 is 0 Å². The van der Waals surface area contributed by atoms with Crippen LogP contribution in [0.5, 0.6) is 0 Å². The number of carbonyl (C=O) groups excluding carboxylic acids is 1. The van der Waals surface area contributed by atoms with Crippen molar-refractivity contribution in [3.8, 4) is 0 Å². The molecule has 0 aliphatic carbocycles. The molecule has 0 aliphatic heterocycles. The molecular weight excluding hydrogens is 368 g/mol. The molecule has 0 saturated heterocycles. The second-order valence-corrected chi connectivity index (χ2v) is 8.04. The lowest BCUT2D eigenvalue weighted by molar-refractivity contribution is -0.117. The largest absolute Gasteiger partial charge is 0.324 e. The van der Waals surface area contributed by atoms with Gasteiger partial charge in [-0.1, -0.05) is 17.7 Å². The molecule has 0 spiro atoms. The van der Waals surface area contributed by atoms with E-state index in [0.717, 1.165) is 15.1 Å². The van der Waals surface area contributed by atoms with E-state index in [1.54, 1.807) is 19.1 Å². The van der Waals surface area contributed by atoms with Crippen molar-refractivity contribution in [3.05, 3.63) is 51.4 Å². The fraction of sp³-hybridized carbons (Fsp3) is 0.267. The molecule has 0 aliphatic rings. The summed E-state index contributed by atoms with van der Waals surface area (Å²) < 4.78 is 26.7. The molecule has 0 unspecified atom stereocenters. The van der Waals surface area contributed by atoms with Crippen LogP contribution in [0.25, 0.3) is 0 Å². The van der Waals surface area contributed by atoms with Crippen molar-refractivity contribution in [3.63, 3.8) is 0 Å². The quantitative estimate of drug-likeness (QED) is 0.831. The minimum absolute atomic E-state index is 0.0945. The first kappa shape index (κ1) is 19.1. The van der Waals surface area contributed by atoms with Crippen LogP contribution in [0.3, 0.4) is 0 Å². The van der Waals surface area contributed by atoms with Gasteiger partial charge in [-0.3, -0.25) is 9.59 Å². The number of benzene rings is 1. The Morgan fingerprint density at radius 3 is 2.60 bits per heavy atom. The van der Waals surface area contributed by atoms with Crippen molar-refractivity contribution in [2.24, 2.45) is 0 Å². The van der Waals surface area contributed by atoms with Crippen LogP contribution in [-0.4, -0.2) is 42.5 Å².